The Morgan fingerprint density at radius 2 is 1.97 bits per heavy atom. The van der Waals surface area contributed by atoms with Gasteiger partial charge in [-0.3, -0.25) is 4.90 Å². The molecule has 4 heteroatoms. The lowest BCUT2D eigenvalue weighted by Crippen LogP contribution is -2.39. The van der Waals surface area contributed by atoms with Crippen LogP contribution in [0.15, 0.2) is 48.5 Å². The van der Waals surface area contributed by atoms with E-state index in [2.05, 4.69) is 53.5 Å². The topological polar surface area (TPSA) is 44.7 Å². The molecule has 1 saturated carbocycles. The minimum atomic E-state index is -0.493. The maximum Gasteiger partial charge on any atom is 0.119 e. The van der Waals surface area contributed by atoms with E-state index in [1.807, 2.05) is 12.1 Å². The van der Waals surface area contributed by atoms with Crippen molar-refractivity contribution in [1.29, 1.82) is 0 Å². The molecular formula is C25H34N2O2. The molecule has 0 aromatic heterocycles. The third-order valence-corrected chi connectivity index (χ3v) is 6.27. The Morgan fingerprint density at radius 1 is 1.14 bits per heavy atom. The van der Waals surface area contributed by atoms with Gasteiger partial charge in [-0.1, -0.05) is 56.2 Å². The first-order valence-corrected chi connectivity index (χ1v) is 11.1. The minimum Gasteiger partial charge on any atom is -0.491 e. The average Bonchev–Trinajstić information content (AvgIpc) is 3.25. The van der Waals surface area contributed by atoms with Crippen molar-refractivity contribution >= 4 is 0 Å². The highest BCUT2D eigenvalue weighted by Crippen LogP contribution is 2.27. The zero-order chi connectivity index (χ0) is 20.1. The molecule has 2 aromatic rings. The molecule has 4 nitrogen and oxygen atoms in total. The van der Waals surface area contributed by atoms with E-state index in [-0.39, 0.29) is 0 Å². The van der Waals surface area contributed by atoms with Crippen LogP contribution in [0.5, 0.6) is 5.75 Å². The van der Waals surface area contributed by atoms with Crippen molar-refractivity contribution in [2.75, 3.05) is 19.7 Å². The predicted octanol–water partition coefficient (Wildman–Crippen LogP) is 4.08. The first kappa shape index (κ1) is 20.4. The lowest BCUT2D eigenvalue weighted by atomic mass is 9.91. The fourth-order valence-corrected chi connectivity index (χ4v) is 4.77. The van der Waals surface area contributed by atoms with Crippen LogP contribution < -0.4 is 10.1 Å². The van der Waals surface area contributed by atoms with E-state index >= 15 is 0 Å². The summed E-state index contributed by atoms with van der Waals surface area (Å²) < 4.78 is 5.91. The number of ether oxygens (including phenoxy) is 1. The Morgan fingerprint density at radius 3 is 2.83 bits per heavy atom. The van der Waals surface area contributed by atoms with Gasteiger partial charge in [-0.05, 0) is 47.6 Å². The van der Waals surface area contributed by atoms with Gasteiger partial charge < -0.3 is 15.2 Å². The number of hydrogen-bond donors (Lipinski definition) is 2. The summed E-state index contributed by atoms with van der Waals surface area (Å²) >= 11 is 0. The molecule has 2 aromatic carbocycles. The number of aliphatic hydroxyl groups is 1. The van der Waals surface area contributed by atoms with Gasteiger partial charge in [0.1, 0.15) is 18.5 Å². The first-order valence-electron chi connectivity index (χ1n) is 11.1. The highest BCUT2D eigenvalue weighted by Gasteiger charge is 2.23. The summed E-state index contributed by atoms with van der Waals surface area (Å²) in [6.07, 6.45) is 4.79. The molecule has 0 amide bonds. The van der Waals surface area contributed by atoms with Gasteiger partial charge in [-0.15, -0.1) is 0 Å². The Kier molecular flexibility index (Phi) is 6.86. The molecule has 2 unspecified atom stereocenters. The average molecular weight is 395 g/mol. The smallest absolute Gasteiger partial charge is 0.119 e. The van der Waals surface area contributed by atoms with Gasteiger partial charge in [0, 0.05) is 32.2 Å². The third-order valence-electron chi connectivity index (χ3n) is 6.27. The van der Waals surface area contributed by atoms with Gasteiger partial charge in [0.2, 0.25) is 0 Å². The van der Waals surface area contributed by atoms with Crippen LogP contribution in [0.2, 0.25) is 0 Å². The van der Waals surface area contributed by atoms with Crippen LogP contribution in [0.1, 0.15) is 55.2 Å². The van der Waals surface area contributed by atoms with Gasteiger partial charge >= 0.3 is 0 Å². The molecule has 1 aliphatic carbocycles. The van der Waals surface area contributed by atoms with Gasteiger partial charge in [0.25, 0.3) is 0 Å². The van der Waals surface area contributed by atoms with Crippen LogP contribution in [0.3, 0.4) is 0 Å². The van der Waals surface area contributed by atoms with E-state index in [1.165, 1.54) is 42.4 Å². The Labute approximate surface area is 174 Å². The van der Waals surface area contributed by atoms with Crippen molar-refractivity contribution in [3.63, 3.8) is 0 Å². The lowest BCUT2D eigenvalue weighted by molar-refractivity contribution is 0.0610. The predicted molar refractivity (Wildman–Crippen MR) is 117 cm³/mol. The fourth-order valence-electron chi connectivity index (χ4n) is 4.77. The number of β-amino-alcohol motifs (C(OH)–C–C–N with tert-alkyl or cyclic N) is 1. The molecule has 0 radical (unpaired) electrons. The molecule has 0 spiro atoms. The largest absolute Gasteiger partial charge is 0.491 e. The van der Waals surface area contributed by atoms with Gasteiger partial charge in [-0.2, -0.15) is 0 Å². The summed E-state index contributed by atoms with van der Waals surface area (Å²) in [5.41, 5.74) is 4.06. The fraction of sp³-hybridized carbons (Fsp3) is 0.520. The van der Waals surface area contributed by atoms with E-state index < -0.39 is 6.10 Å². The molecule has 156 valence electrons. The molecule has 29 heavy (non-hydrogen) atoms. The molecule has 0 bridgehead atoms. The summed E-state index contributed by atoms with van der Waals surface area (Å²) in [6.45, 7) is 6.00. The standard InChI is InChI=1S/C25H34N2O2/c1-19-15-27(16-21-8-2-5-12-25(19)21)17-23(28)18-29-24-11-6-7-20(13-24)14-26-22-9-3-4-10-22/h2,5-8,11-13,19,22-23,26,28H,3-4,9-10,14-18H2,1H3. The number of benzene rings is 2. The van der Waals surface area contributed by atoms with E-state index in [9.17, 15) is 5.11 Å². The quantitative estimate of drug-likeness (QED) is 0.708. The van der Waals surface area contributed by atoms with E-state index in [0.717, 1.165) is 25.4 Å². The van der Waals surface area contributed by atoms with Crippen molar-refractivity contribution in [3.05, 3.63) is 65.2 Å². The molecule has 1 aliphatic heterocycles. The lowest BCUT2D eigenvalue weighted by Gasteiger charge is -2.34. The van der Waals surface area contributed by atoms with Crippen molar-refractivity contribution < 1.29 is 9.84 Å². The van der Waals surface area contributed by atoms with Crippen molar-refractivity contribution in [2.24, 2.45) is 0 Å². The molecule has 0 saturated heterocycles. The molecule has 2 atom stereocenters. The van der Waals surface area contributed by atoms with Gasteiger partial charge in [0.15, 0.2) is 0 Å². The molecule has 4 rings (SSSR count). The first-order chi connectivity index (χ1) is 14.2. The summed E-state index contributed by atoms with van der Waals surface area (Å²) in [7, 11) is 0. The van der Waals surface area contributed by atoms with Crippen LogP contribution in [0.25, 0.3) is 0 Å². The van der Waals surface area contributed by atoms with E-state index in [4.69, 9.17) is 4.74 Å². The van der Waals surface area contributed by atoms with Crippen molar-refractivity contribution in [1.82, 2.24) is 10.2 Å². The second-order valence-corrected chi connectivity index (χ2v) is 8.77. The highest BCUT2D eigenvalue weighted by molar-refractivity contribution is 5.32. The van der Waals surface area contributed by atoms with Crippen molar-refractivity contribution in [3.8, 4) is 5.75 Å². The van der Waals surface area contributed by atoms with Crippen LogP contribution >= 0.6 is 0 Å². The number of hydrogen-bond acceptors (Lipinski definition) is 4. The van der Waals surface area contributed by atoms with Gasteiger partial charge in [-0.25, -0.2) is 0 Å². The van der Waals surface area contributed by atoms with Crippen LogP contribution in [-0.4, -0.2) is 41.8 Å². The molecular weight excluding hydrogens is 360 g/mol. The van der Waals surface area contributed by atoms with E-state index in [1.54, 1.807) is 0 Å². The Bertz CT molecular complexity index is 788. The SMILES string of the molecule is CC1CN(CC(O)COc2cccc(CNC3CCCC3)c2)Cc2ccccc21. The molecule has 2 N–H and O–H groups in total. The molecule has 1 fully saturated rings. The summed E-state index contributed by atoms with van der Waals surface area (Å²) in [5, 5.41) is 14.2. The maximum atomic E-state index is 10.5. The minimum absolute atomic E-state index is 0.325. The van der Waals surface area contributed by atoms with Gasteiger partial charge in [0.05, 0.1) is 0 Å². The summed E-state index contributed by atoms with van der Waals surface area (Å²) in [5.74, 6) is 1.34. The normalized spacial score (nSPS) is 21.1. The van der Waals surface area contributed by atoms with E-state index in [0.29, 0.717) is 25.1 Å². The number of nitrogens with zero attached hydrogens (tertiary/aromatic N) is 1. The Balaban J connectivity index is 1.24. The molecule has 2 aliphatic rings. The number of nitrogens with one attached hydrogen (secondary N) is 1. The van der Waals surface area contributed by atoms with Crippen LogP contribution in [0, 0.1) is 0 Å². The number of rotatable bonds is 8. The zero-order valence-electron chi connectivity index (χ0n) is 17.5. The second-order valence-electron chi connectivity index (χ2n) is 8.77. The summed E-state index contributed by atoms with van der Waals surface area (Å²) in [6, 6.07) is 17.6. The van der Waals surface area contributed by atoms with Crippen LogP contribution in [0.4, 0.5) is 0 Å². The summed E-state index contributed by atoms with van der Waals surface area (Å²) in [4.78, 5) is 2.34. The Hall–Kier alpha value is -1.88. The molecule has 1 heterocycles. The van der Waals surface area contributed by atoms with Crippen molar-refractivity contribution in [2.45, 2.75) is 63.8 Å². The second kappa shape index (κ2) is 9.75. The number of aliphatic hydroxyl groups excluding tert-OH is 1. The highest BCUT2D eigenvalue weighted by atomic mass is 16.5. The van der Waals surface area contributed by atoms with Crippen LogP contribution in [-0.2, 0) is 13.1 Å². The number of fused-ring (bicyclic) bond motifs is 1. The zero-order valence-corrected chi connectivity index (χ0v) is 17.5. The maximum absolute atomic E-state index is 10.5. The monoisotopic (exact) mass is 394 g/mol. The third kappa shape index (κ3) is 5.59.